The van der Waals surface area contributed by atoms with Gasteiger partial charge in [-0.1, -0.05) is 6.92 Å². The van der Waals surface area contributed by atoms with Gasteiger partial charge >= 0.3 is 0 Å². The fourth-order valence-corrected chi connectivity index (χ4v) is 0.852. The van der Waals surface area contributed by atoms with Crippen molar-refractivity contribution < 1.29 is 4.79 Å². The number of nitrogens with zero attached hydrogens (tertiary/aromatic N) is 1. The van der Waals surface area contributed by atoms with E-state index in [2.05, 4.69) is 0 Å². The van der Waals surface area contributed by atoms with Gasteiger partial charge in [0.15, 0.2) is 0 Å². The molecule has 0 unspecified atom stereocenters. The van der Waals surface area contributed by atoms with Crippen LogP contribution in [0, 0.1) is 0 Å². The van der Waals surface area contributed by atoms with Crippen LogP contribution in [0.25, 0.3) is 0 Å². The minimum absolute atomic E-state index is 0.118. The maximum atomic E-state index is 10.8. The van der Waals surface area contributed by atoms with E-state index in [1.807, 2.05) is 6.92 Å². The molecule has 10 heavy (non-hydrogen) atoms. The Hall–Kier alpha value is -0.570. The van der Waals surface area contributed by atoms with Gasteiger partial charge < -0.3 is 10.6 Å². The first kappa shape index (κ1) is 9.43. The largest absolute Gasteiger partial charge is 0.342 e. The molecule has 0 radical (unpaired) electrons. The van der Waals surface area contributed by atoms with Gasteiger partial charge in [0.05, 0.1) is 0 Å². The first-order valence-corrected chi connectivity index (χ1v) is 3.68. The number of hydrogen-bond acceptors (Lipinski definition) is 2. The Morgan fingerprint density at radius 1 is 1.50 bits per heavy atom. The highest BCUT2D eigenvalue weighted by molar-refractivity contribution is 5.73. The van der Waals surface area contributed by atoms with Crippen molar-refractivity contribution in [3.63, 3.8) is 0 Å². The summed E-state index contributed by atoms with van der Waals surface area (Å²) in [5.74, 6) is 0.118. The third-order valence-electron chi connectivity index (χ3n) is 1.34. The number of nitrogens with two attached hydrogens (primary N) is 1. The minimum atomic E-state index is 0.118. The monoisotopic (exact) mass is 144 g/mol. The van der Waals surface area contributed by atoms with Gasteiger partial charge in [-0.15, -0.1) is 0 Å². The molecule has 0 spiro atoms. The first-order valence-electron chi connectivity index (χ1n) is 3.68. The zero-order valence-corrected chi connectivity index (χ0v) is 6.76. The van der Waals surface area contributed by atoms with Crippen LogP contribution in [0.1, 0.15) is 20.3 Å². The molecule has 0 aromatic heterocycles. The van der Waals surface area contributed by atoms with Crippen LogP contribution in [0.5, 0.6) is 0 Å². The molecule has 0 aromatic rings. The van der Waals surface area contributed by atoms with E-state index >= 15 is 0 Å². The Kier molecular flexibility index (Phi) is 4.94. The molecule has 0 atom stereocenters. The lowest BCUT2D eigenvalue weighted by atomic mass is 10.4. The van der Waals surface area contributed by atoms with Crippen LogP contribution in [0.4, 0.5) is 0 Å². The van der Waals surface area contributed by atoms with Gasteiger partial charge in [0.1, 0.15) is 0 Å². The smallest absolute Gasteiger partial charge is 0.219 e. The number of amides is 1. The van der Waals surface area contributed by atoms with E-state index in [-0.39, 0.29) is 5.91 Å². The lowest BCUT2D eigenvalue weighted by molar-refractivity contribution is -0.128. The maximum Gasteiger partial charge on any atom is 0.219 e. The first-order chi connectivity index (χ1) is 4.72. The molecular weight excluding hydrogens is 128 g/mol. The van der Waals surface area contributed by atoms with Crippen molar-refractivity contribution in [2.75, 3.05) is 19.6 Å². The van der Waals surface area contributed by atoms with Crippen LogP contribution in [0.2, 0.25) is 0 Å². The summed E-state index contributed by atoms with van der Waals surface area (Å²) in [6.45, 7) is 5.69. The highest BCUT2D eigenvalue weighted by atomic mass is 16.2. The van der Waals surface area contributed by atoms with Crippen molar-refractivity contribution in [2.24, 2.45) is 5.73 Å². The van der Waals surface area contributed by atoms with Crippen LogP contribution < -0.4 is 5.73 Å². The van der Waals surface area contributed by atoms with E-state index in [0.717, 1.165) is 13.0 Å². The average Bonchev–Trinajstić information content (AvgIpc) is 1.87. The maximum absolute atomic E-state index is 10.8. The highest BCUT2D eigenvalue weighted by Crippen LogP contribution is 1.89. The molecule has 0 fully saturated rings. The molecule has 0 aliphatic heterocycles. The Morgan fingerprint density at radius 2 is 2.10 bits per heavy atom. The highest BCUT2D eigenvalue weighted by Gasteiger charge is 2.03. The normalized spacial score (nSPS) is 9.50. The summed E-state index contributed by atoms with van der Waals surface area (Å²) < 4.78 is 0. The summed E-state index contributed by atoms with van der Waals surface area (Å²) in [4.78, 5) is 12.6. The van der Waals surface area contributed by atoms with Crippen molar-refractivity contribution in [1.29, 1.82) is 0 Å². The second-order valence-electron chi connectivity index (χ2n) is 2.29. The van der Waals surface area contributed by atoms with Crippen LogP contribution >= 0.6 is 0 Å². The molecule has 0 heterocycles. The Labute approximate surface area is 62.2 Å². The van der Waals surface area contributed by atoms with Gasteiger partial charge in [-0.3, -0.25) is 4.79 Å². The molecule has 3 heteroatoms. The van der Waals surface area contributed by atoms with E-state index in [4.69, 9.17) is 5.73 Å². The zero-order chi connectivity index (χ0) is 7.98. The molecule has 0 saturated carbocycles. The van der Waals surface area contributed by atoms with Gasteiger partial charge in [0.2, 0.25) is 5.91 Å². The zero-order valence-electron chi connectivity index (χ0n) is 6.76. The van der Waals surface area contributed by atoms with Crippen LogP contribution in [-0.2, 0) is 4.79 Å². The van der Waals surface area contributed by atoms with Crippen molar-refractivity contribution in [3.05, 3.63) is 0 Å². The topological polar surface area (TPSA) is 46.3 Å². The third-order valence-corrected chi connectivity index (χ3v) is 1.34. The second kappa shape index (κ2) is 5.23. The lowest BCUT2D eigenvalue weighted by Gasteiger charge is -2.18. The van der Waals surface area contributed by atoms with Gasteiger partial charge in [-0.25, -0.2) is 0 Å². The fourth-order valence-electron chi connectivity index (χ4n) is 0.852. The Balaban J connectivity index is 3.61. The summed E-state index contributed by atoms with van der Waals surface area (Å²) in [5, 5.41) is 0. The van der Waals surface area contributed by atoms with Crippen molar-refractivity contribution in [2.45, 2.75) is 20.3 Å². The van der Waals surface area contributed by atoms with Gasteiger partial charge in [0.25, 0.3) is 0 Å². The molecule has 0 aromatic carbocycles. The quantitative estimate of drug-likeness (QED) is 0.613. The molecule has 0 aliphatic rings. The SMILES string of the molecule is CCCN(CCN)C(C)=O. The number of carbonyl (C=O) groups is 1. The summed E-state index contributed by atoms with van der Waals surface area (Å²) in [6, 6.07) is 0. The fraction of sp³-hybridized carbons (Fsp3) is 0.857. The molecule has 0 saturated heterocycles. The van der Waals surface area contributed by atoms with Crippen molar-refractivity contribution >= 4 is 5.91 Å². The van der Waals surface area contributed by atoms with Crippen LogP contribution in [0.15, 0.2) is 0 Å². The number of hydrogen-bond donors (Lipinski definition) is 1. The molecular formula is C7H16N2O. The van der Waals surface area contributed by atoms with E-state index < -0.39 is 0 Å². The second-order valence-corrected chi connectivity index (χ2v) is 2.29. The Bertz CT molecular complexity index is 97.8. The minimum Gasteiger partial charge on any atom is -0.342 e. The molecule has 60 valence electrons. The van der Waals surface area contributed by atoms with Crippen LogP contribution in [0.3, 0.4) is 0 Å². The van der Waals surface area contributed by atoms with E-state index in [0.29, 0.717) is 13.1 Å². The summed E-state index contributed by atoms with van der Waals surface area (Å²) in [5.41, 5.74) is 5.30. The number of carbonyl (C=O) groups excluding carboxylic acids is 1. The van der Waals surface area contributed by atoms with Crippen LogP contribution in [-0.4, -0.2) is 30.4 Å². The standard InChI is InChI=1S/C7H16N2O/c1-3-5-9(6-4-8)7(2)10/h3-6,8H2,1-2H3. The van der Waals surface area contributed by atoms with Gasteiger partial charge in [-0.05, 0) is 6.42 Å². The molecule has 1 amide bonds. The summed E-state index contributed by atoms with van der Waals surface area (Å²) in [6.07, 6.45) is 1.000. The molecule has 2 N–H and O–H groups in total. The van der Waals surface area contributed by atoms with Gasteiger partial charge in [0, 0.05) is 26.6 Å². The summed E-state index contributed by atoms with van der Waals surface area (Å²) >= 11 is 0. The predicted octanol–water partition coefficient (Wildman–Crippen LogP) is 0.204. The molecule has 0 bridgehead atoms. The summed E-state index contributed by atoms with van der Waals surface area (Å²) in [7, 11) is 0. The molecule has 0 rings (SSSR count). The lowest BCUT2D eigenvalue weighted by Crippen LogP contribution is -2.34. The Morgan fingerprint density at radius 3 is 2.40 bits per heavy atom. The van der Waals surface area contributed by atoms with E-state index in [9.17, 15) is 4.79 Å². The predicted molar refractivity (Wildman–Crippen MR) is 41.6 cm³/mol. The number of rotatable bonds is 4. The van der Waals surface area contributed by atoms with Crippen molar-refractivity contribution in [1.82, 2.24) is 4.90 Å². The van der Waals surface area contributed by atoms with E-state index in [1.54, 1.807) is 11.8 Å². The van der Waals surface area contributed by atoms with Crippen molar-refractivity contribution in [3.8, 4) is 0 Å². The van der Waals surface area contributed by atoms with E-state index in [1.165, 1.54) is 0 Å². The van der Waals surface area contributed by atoms with Gasteiger partial charge in [-0.2, -0.15) is 0 Å². The third kappa shape index (κ3) is 3.45. The molecule has 0 aliphatic carbocycles. The molecule has 3 nitrogen and oxygen atoms in total. The average molecular weight is 144 g/mol.